The first-order valence-corrected chi connectivity index (χ1v) is 11.5. The predicted molar refractivity (Wildman–Crippen MR) is 103 cm³/mol. The van der Waals surface area contributed by atoms with Gasteiger partial charge in [-0.15, -0.1) is 0 Å². The van der Waals surface area contributed by atoms with Crippen molar-refractivity contribution in [3.8, 4) is 11.5 Å². The molecule has 0 aromatic heterocycles. The lowest BCUT2D eigenvalue weighted by Gasteiger charge is -2.15. The van der Waals surface area contributed by atoms with Crippen LogP contribution in [0.15, 0.2) is 16.6 Å². The number of carbonyl (C=O) groups excluding carboxylic acids is 1. The molecule has 1 saturated carbocycles. The fourth-order valence-electron chi connectivity index (χ4n) is 3.03. The summed E-state index contributed by atoms with van der Waals surface area (Å²) >= 11 is 3.46. The number of hydrogen-bond acceptors (Lipinski definition) is 6. The van der Waals surface area contributed by atoms with Crippen LogP contribution in [0.5, 0.6) is 11.5 Å². The molecular weight excluding hydrogens is 424 g/mol. The van der Waals surface area contributed by atoms with E-state index in [9.17, 15) is 13.2 Å². The first kappa shape index (κ1) is 21.0. The van der Waals surface area contributed by atoms with Crippen LogP contribution in [0.2, 0.25) is 0 Å². The first-order chi connectivity index (χ1) is 12.2. The molecule has 1 aromatic rings. The molecule has 1 fully saturated rings. The minimum absolute atomic E-state index is 0.0765. The van der Waals surface area contributed by atoms with Crippen molar-refractivity contribution in [3.63, 3.8) is 0 Å². The van der Waals surface area contributed by atoms with Crippen LogP contribution in [0.25, 0.3) is 0 Å². The molecule has 0 amide bonds. The fourth-order valence-corrected chi connectivity index (χ4v) is 4.62. The molecule has 2 rings (SSSR count). The summed E-state index contributed by atoms with van der Waals surface area (Å²) in [6, 6.07) is 3.56. The topological polar surface area (TPSA) is 78.9 Å². The molecule has 0 aliphatic heterocycles. The Hall–Kier alpha value is -1.28. The number of sulfone groups is 1. The fraction of sp³-hybridized carbons (Fsp3) is 0.611. The Morgan fingerprint density at radius 2 is 1.77 bits per heavy atom. The summed E-state index contributed by atoms with van der Waals surface area (Å²) in [5.74, 6) is 0.819. The zero-order valence-corrected chi connectivity index (χ0v) is 17.7. The number of hydrogen-bond donors (Lipinski definition) is 0. The van der Waals surface area contributed by atoms with Crippen molar-refractivity contribution in [2.45, 2.75) is 50.9 Å². The van der Waals surface area contributed by atoms with Crippen LogP contribution in [0, 0.1) is 0 Å². The van der Waals surface area contributed by atoms with E-state index in [1.807, 2.05) is 13.8 Å². The van der Waals surface area contributed by atoms with Gasteiger partial charge in [0.05, 0.1) is 24.9 Å². The van der Waals surface area contributed by atoms with Crippen molar-refractivity contribution in [2.75, 3.05) is 19.5 Å². The number of carbonyl (C=O) groups is 1. The molecule has 0 bridgehead atoms. The summed E-state index contributed by atoms with van der Waals surface area (Å²) < 4.78 is 40.6. The van der Waals surface area contributed by atoms with Gasteiger partial charge in [-0.2, -0.15) is 0 Å². The summed E-state index contributed by atoms with van der Waals surface area (Å²) in [5, 5.41) is -0.415. The Bertz CT molecular complexity index is 746. The van der Waals surface area contributed by atoms with E-state index >= 15 is 0 Å². The monoisotopic (exact) mass is 448 g/mol. The normalized spacial score (nSPS) is 20.0. The van der Waals surface area contributed by atoms with Crippen LogP contribution in [-0.4, -0.2) is 45.2 Å². The molecule has 0 saturated heterocycles. The van der Waals surface area contributed by atoms with Gasteiger partial charge < -0.3 is 14.2 Å². The van der Waals surface area contributed by atoms with Gasteiger partial charge in [0.25, 0.3) is 0 Å². The van der Waals surface area contributed by atoms with E-state index in [0.29, 0.717) is 44.0 Å². The van der Waals surface area contributed by atoms with Gasteiger partial charge in [-0.25, -0.2) is 8.42 Å². The van der Waals surface area contributed by atoms with Gasteiger partial charge in [-0.3, -0.25) is 4.79 Å². The molecule has 1 aliphatic carbocycles. The lowest BCUT2D eigenvalue weighted by atomic mass is 10.1. The van der Waals surface area contributed by atoms with E-state index in [1.54, 1.807) is 12.1 Å². The van der Waals surface area contributed by atoms with E-state index in [1.165, 1.54) is 6.26 Å². The predicted octanol–water partition coefficient (Wildman–Crippen LogP) is 3.30. The van der Waals surface area contributed by atoms with Crippen LogP contribution in [0.4, 0.5) is 0 Å². The number of rotatable bonds is 8. The molecule has 0 N–H and O–H groups in total. The minimum atomic E-state index is -3.09. The largest absolute Gasteiger partial charge is 0.490 e. The molecule has 6 nitrogen and oxygen atoms in total. The molecule has 26 heavy (non-hydrogen) atoms. The number of halogens is 1. The third-order valence-electron chi connectivity index (χ3n) is 4.29. The van der Waals surface area contributed by atoms with Gasteiger partial charge in [-0.1, -0.05) is 15.9 Å². The summed E-state index contributed by atoms with van der Waals surface area (Å²) in [7, 11) is -3.09. The van der Waals surface area contributed by atoms with Crippen LogP contribution in [0.3, 0.4) is 0 Å². The molecule has 0 heterocycles. The minimum Gasteiger partial charge on any atom is -0.490 e. The van der Waals surface area contributed by atoms with E-state index in [-0.39, 0.29) is 18.5 Å². The Morgan fingerprint density at radius 3 is 2.31 bits per heavy atom. The standard InChI is InChI=1S/C18H25BrO6S/c1-4-23-16-8-12(15(19)11-17(16)24-5-2)9-18(20)25-13-6-7-14(10-13)26(3,21)22/h8,11,13-14H,4-7,9-10H2,1-3H3/t13-,14-/m1/s1. The maximum atomic E-state index is 12.3. The summed E-state index contributed by atoms with van der Waals surface area (Å²) in [4.78, 5) is 12.3. The van der Waals surface area contributed by atoms with Crippen LogP contribution >= 0.6 is 15.9 Å². The highest BCUT2D eigenvalue weighted by molar-refractivity contribution is 9.10. The lowest BCUT2D eigenvalue weighted by molar-refractivity contribution is -0.147. The Balaban J connectivity index is 2.03. The van der Waals surface area contributed by atoms with E-state index in [2.05, 4.69) is 15.9 Å². The van der Waals surface area contributed by atoms with E-state index in [4.69, 9.17) is 14.2 Å². The van der Waals surface area contributed by atoms with Crippen molar-refractivity contribution in [1.29, 1.82) is 0 Å². The summed E-state index contributed by atoms with van der Waals surface area (Å²) in [6.07, 6.45) is 2.46. The van der Waals surface area contributed by atoms with Gasteiger partial charge in [-0.05, 0) is 44.4 Å². The van der Waals surface area contributed by atoms with Crippen molar-refractivity contribution in [2.24, 2.45) is 0 Å². The van der Waals surface area contributed by atoms with Crippen molar-refractivity contribution in [1.82, 2.24) is 0 Å². The maximum absolute atomic E-state index is 12.3. The highest BCUT2D eigenvalue weighted by Crippen LogP contribution is 2.34. The Kier molecular flexibility index (Phi) is 7.34. The van der Waals surface area contributed by atoms with Crippen LogP contribution < -0.4 is 9.47 Å². The van der Waals surface area contributed by atoms with Crippen molar-refractivity contribution < 1.29 is 27.4 Å². The zero-order chi connectivity index (χ0) is 19.3. The third kappa shape index (κ3) is 5.61. The molecule has 146 valence electrons. The van der Waals surface area contributed by atoms with Gasteiger partial charge in [0.15, 0.2) is 11.5 Å². The van der Waals surface area contributed by atoms with E-state index < -0.39 is 15.1 Å². The Labute approximate surface area is 163 Å². The quantitative estimate of drug-likeness (QED) is 0.567. The number of ether oxygens (including phenoxy) is 3. The van der Waals surface area contributed by atoms with Crippen LogP contribution in [0.1, 0.15) is 38.7 Å². The second-order valence-corrected chi connectivity index (χ2v) is 9.49. The highest BCUT2D eigenvalue weighted by atomic mass is 79.9. The average molecular weight is 449 g/mol. The highest BCUT2D eigenvalue weighted by Gasteiger charge is 2.33. The van der Waals surface area contributed by atoms with Gasteiger partial charge in [0, 0.05) is 17.1 Å². The molecule has 2 atom stereocenters. The first-order valence-electron chi connectivity index (χ1n) is 8.70. The van der Waals surface area contributed by atoms with Crippen molar-refractivity contribution in [3.05, 3.63) is 22.2 Å². The average Bonchev–Trinajstić information content (AvgIpc) is 3.00. The molecule has 0 unspecified atom stereocenters. The van der Waals surface area contributed by atoms with E-state index in [0.717, 1.165) is 10.0 Å². The summed E-state index contributed by atoms with van der Waals surface area (Å²) in [5.41, 5.74) is 0.736. The second-order valence-electron chi connectivity index (χ2n) is 6.31. The molecule has 1 aromatic carbocycles. The van der Waals surface area contributed by atoms with Gasteiger partial charge >= 0.3 is 5.97 Å². The lowest BCUT2D eigenvalue weighted by Crippen LogP contribution is -2.21. The summed E-state index contributed by atoms with van der Waals surface area (Å²) in [6.45, 7) is 4.77. The zero-order valence-electron chi connectivity index (χ0n) is 15.3. The van der Waals surface area contributed by atoms with Crippen molar-refractivity contribution >= 4 is 31.7 Å². The molecule has 1 aliphatic rings. The Morgan fingerprint density at radius 1 is 1.15 bits per heavy atom. The number of esters is 1. The van der Waals surface area contributed by atoms with Gasteiger partial charge in [0.2, 0.25) is 0 Å². The molecule has 0 spiro atoms. The third-order valence-corrected chi connectivity index (χ3v) is 6.66. The molecular formula is C18H25BrO6S. The number of benzene rings is 1. The van der Waals surface area contributed by atoms with Crippen LogP contribution in [-0.2, 0) is 25.8 Å². The second kappa shape index (κ2) is 9.08. The smallest absolute Gasteiger partial charge is 0.310 e. The molecule has 8 heteroatoms. The van der Waals surface area contributed by atoms with Gasteiger partial charge in [0.1, 0.15) is 15.9 Å². The SMILES string of the molecule is CCOc1cc(Br)c(CC(=O)O[C@@H]2CC[C@@H](S(C)(=O)=O)C2)cc1OCC. The molecule has 0 radical (unpaired) electrons. The maximum Gasteiger partial charge on any atom is 0.310 e.